The van der Waals surface area contributed by atoms with Crippen molar-refractivity contribution in [3.05, 3.63) is 58.5 Å². The van der Waals surface area contributed by atoms with Crippen molar-refractivity contribution >= 4 is 36.0 Å². The van der Waals surface area contributed by atoms with Crippen LogP contribution in [0.15, 0.2) is 30.3 Å². The van der Waals surface area contributed by atoms with Gasteiger partial charge in [0.2, 0.25) is 0 Å². The summed E-state index contributed by atoms with van der Waals surface area (Å²) >= 11 is 0. The Bertz CT molecular complexity index is 1140. The topological polar surface area (TPSA) is 37.2 Å². The van der Waals surface area contributed by atoms with Gasteiger partial charge in [0.05, 0.1) is 6.54 Å². The molecule has 0 unspecified atom stereocenters. The lowest BCUT2D eigenvalue weighted by atomic mass is 10.1. The summed E-state index contributed by atoms with van der Waals surface area (Å²) < 4.78 is 2.30. The quantitative estimate of drug-likeness (QED) is 0.347. The monoisotopic (exact) mass is 531 g/mol. The Kier molecular flexibility index (Phi) is 9.84. The average molecular weight is 533 g/mol. The lowest BCUT2D eigenvalue weighted by molar-refractivity contribution is 0.117. The third kappa shape index (κ3) is 6.07. The fourth-order valence-corrected chi connectivity index (χ4v) is 6.16. The molecule has 3 aromatic rings. The largest absolute Gasteiger partial charge is 0.308 e. The summed E-state index contributed by atoms with van der Waals surface area (Å²) in [5, 5.41) is 0. The van der Waals surface area contributed by atoms with Crippen LogP contribution in [0, 0.1) is 19.8 Å². The van der Waals surface area contributed by atoms with Gasteiger partial charge in [-0.1, -0.05) is 45.0 Å². The van der Waals surface area contributed by atoms with Crippen LogP contribution in [0.4, 0.5) is 0 Å². The fraction of sp³-hybridized carbons (Fsp3) is 0.586. The summed E-state index contributed by atoms with van der Waals surface area (Å²) in [4.78, 5) is 15.2. The second kappa shape index (κ2) is 12.3. The molecule has 0 spiro atoms. The lowest BCUT2D eigenvalue weighted by Crippen LogP contribution is -2.47. The van der Waals surface area contributed by atoms with Crippen LogP contribution in [0.1, 0.15) is 61.8 Å². The number of aromatic nitrogens is 3. The summed E-state index contributed by atoms with van der Waals surface area (Å²) in [5.41, 5.74) is 7.10. The average Bonchev–Trinajstić information content (AvgIpc) is 3.47. The van der Waals surface area contributed by atoms with Gasteiger partial charge in [-0.05, 0) is 68.3 Å². The van der Waals surface area contributed by atoms with E-state index < -0.39 is 0 Å². The molecule has 0 N–H and O–H groups in total. The van der Waals surface area contributed by atoms with E-state index in [1.165, 1.54) is 55.7 Å². The standard InChI is InChI=1S/C29H41N5.2ClH/c1-6-27-31-28-21(4)14-22(5)30-29(28)34(27)17-24-11-9-23(10-12-24)8-7-13-32-18-26-15-25(32)19-33(26)16-20(2)3;;/h9-12,14,20,25-26H,6-8,13,15-19H2,1-5H3;2*1H/t25-,26-;;/m1../s1. The normalized spacial score (nSPS) is 19.7. The number of piperazine rings is 1. The van der Waals surface area contributed by atoms with E-state index in [2.05, 4.69) is 79.3 Å². The van der Waals surface area contributed by atoms with Crippen LogP contribution < -0.4 is 0 Å². The van der Waals surface area contributed by atoms with Crippen molar-refractivity contribution in [2.45, 2.75) is 78.9 Å². The van der Waals surface area contributed by atoms with Gasteiger partial charge in [0.15, 0.2) is 5.65 Å². The highest BCUT2D eigenvalue weighted by Gasteiger charge is 2.42. The van der Waals surface area contributed by atoms with Gasteiger partial charge in [0.25, 0.3) is 0 Å². The molecule has 2 bridgehead atoms. The van der Waals surface area contributed by atoms with E-state index in [0.29, 0.717) is 0 Å². The minimum absolute atomic E-state index is 0. The van der Waals surface area contributed by atoms with E-state index in [4.69, 9.17) is 9.97 Å². The van der Waals surface area contributed by atoms with Gasteiger partial charge in [-0.25, -0.2) is 9.97 Å². The molecule has 1 aromatic carbocycles. The maximum Gasteiger partial charge on any atom is 0.160 e. The Morgan fingerprint density at radius 1 is 0.944 bits per heavy atom. The van der Waals surface area contributed by atoms with Gasteiger partial charge in [-0.15, -0.1) is 24.8 Å². The Balaban J connectivity index is 0.00000180. The first-order valence-corrected chi connectivity index (χ1v) is 13.3. The number of nitrogens with zero attached hydrogens (tertiary/aromatic N) is 5. The van der Waals surface area contributed by atoms with Crippen LogP contribution in [0.5, 0.6) is 0 Å². The number of hydrogen-bond acceptors (Lipinski definition) is 4. The van der Waals surface area contributed by atoms with Crippen LogP contribution in [-0.4, -0.2) is 62.6 Å². The first kappa shape index (κ1) is 28.9. The minimum Gasteiger partial charge on any atom is -0.308 e. The van der Waals surface area contributed by atoms with E-state index in [9.17, 15) is 0 Å². The number of benzene rings is 1. The molecule has 2 saturated heterocycles. The number of aryl methyl sites for hydroxylation is 4. The molecule has 2 fully saturated rings. The van der Waals surface area contributed by atoms with Gasteiger partial charge in [-0.3, -0.25) is 9.80 Å². The molecule has 4 heterocycles. The number of fused-ring (bicyclic) bond motifs is 3. The lowest BCUT2D eigenvalue weighted by Gasteiger charge is -2.35. The number of rotatable bonds is 9. The molecule has 2 aromatic heterocycles. The van der Waals surface area contributed by atoms with Crippen LogP contribution in [0.25, 0.3) is 11.2 Å². The molecular formula is C29H43Cl2N5. The molecule has 5 rings (SSSR count). The highest BCUT2D eigenvalue weighted by atomic mass is 35.5. The van der Waals surface area contributed by atoms with Crippen molar-refractivity contribution in [2.24, 2.45) is 5.92 Å². The second-order valence-electron chi connectivity index (χ2n) is 11.0. The Morgan fingerprint density at radius 2 is 1.61 bits per heavy atom. The molecule has 0 aliphatic carbocycles. The van der Waals surface area contributed by atoms with Gasteiger partial charge in [0.1, 0.15) is 11.3 Å². The summed E-state index contributed by atoms with van der Waals surface area (Å²) in [5.74, 6) is 1.90. The third-order valence-electron chi connectivity index (χ3n) is 7.76. The van der Waals surface area contributed by atoms with Crippen molar-refractivity contribution in [1.82, 2.24) is 24.3 Å². The van der Waals surface area contributed by atoms with Crippen molar-refractivity contribution < 1.29 is 0 Å². The maximum atomic E-state index is 4.89. The number of hydrogen-bond donors (Lipinski definition) is 0. The Labute approximate surface area is 229 Å². The predicted molar refractivity (Wildman–Crippen MR) is 155 cm³/mol. The van der Waals surface area contributed by atoms with Gasteiger partial charge in [-0.2, -0.15) is 0 Å². The van der Waals surface area contributed by atoms with Crippen LogP contribution in [0.2, 0.25) is 0 Å². The van der Waals surface area contributed by atoms with Crippen molar-refractivity contribution in [2.75, 3.05) is 26.2 Å². The molecule has 5 nitrogen and oxygen atoms in total. The molecule has 0 amide bonds. The molecule has 0 saturated carbocycles. The van der Waals surface area contributed by atoms with Gasteiger partial charge >= 0.3 is 0 Å². The van der Waals surface area contributed by atoms with Crippen molar-refractivity contribution in [3.8, 4) is 0 Å². The summed E-state index contributed by atoms with van der Waals surface area (Å²) in [7, 11) is 0. The molecule has 2 atom stereocenters. The number of halogens is 2. The smallest absolute Gasteiger partial charge is 0.160 e. The Hall–Kier alpha value is -1.66. The van der Waals surface area contributed by atoms with Crippen molar-refractivity contribution in [1.29, 1.82) is 0 Å². The van der Waals surface area contributed by atoms with Crippen LogP contribution >= 0.6 is 24.8 Å². The zero-order valence-electron chi connectivity index (χ0n) is 22.5. The third-order valence-corrected chi connectivity index (χ3v) is 7.76. The first-order valence-electron chi connectivity index (χ1n) is 13.3. The van der Waals surface area contributed by atoms with E-state index in [1.807, 2.05) is 0 Å². The Morgan fingerprint density at radius 3 is 2.25 bits per heavy atom. The van der Waals surface area contributed by atoms with Gasteiger partial charge in [0, 0.05) is 43.8 Å². The maximum absolute atomic E-state index is 4.89. The van der Waals surface area contributed by atoms with E-state index in [0.717, 1.165) is 60.1 Å². The molecule has 0 radical (unpaired) electrons. The summed E-state index contributed by atoms with van der Waals surface area (Å²) in [6, 6.07) is 13.0. The van der Waals surface area contributed by atoms with Crippen molar-refractivity contribution in [3.63, 3.8) is 0 Å². The first-order chi connectivity index (χ1) is 16.4. The predicted octanol–water partition coefficient (Wildman–Crippen LogP) is 5.85. The van der Waals surface area contributed by atoms with E-state index in [1.54, 1.807) is 0 Å². The molecule has 2 aliphatic rings. The van der Waals surface area contributed by atoms with Crippen LogP contribution in [0.3, 0.4) is 0 Å². The molecule has 36 heavy (non-hydrogen) atoms. The highest BCUT2D eigenvalue weighted by Crippen LogP contribution is 2.31. The molecular weight excluding hydrogens is 489 g/mol. The SMILES string of the molecule is CCc1nc2c(C)cc(C)nc2n1Cc1ccc(CCCN2C[C@H]3C[C@@H]2CN3CC(C)C)cc1.Cl.Cl. The fourth-order valence-electron chi connectivity index (χ4n) is 6.16. The minimum atomic E-state index is 0. The van der Waals surface area contributed by atoms with Crippen LogP contribution in [-0.2, 0) is 19.4 Å². The van der Waals surface area contributed by atoms with E-state index in [-0.39, 0.29) is 24.8 Å². The van der Waals surface area contributed by atoms with E-state index >= 15 is 0 Å². The molecule has 7 heteroatoms. The number of likely N-dealkylation sites (tertiary alicyclic amines) is 2. The second-order valence-corrected chi connectivity index (χ2v) is 11.0. The van der Waals surface area contributed by atoms with Gasteiger partial charge < -0.3 is 4.57 Å². The zero-order chi connectivity index (χ0) is 23.8. The molecule has 198 valence electrons. The summed E-state index contributed by atoms with van der Waals surface area (Å²) in [6.45, 7) is 17.0. The highest BCUT2D eigenvalue weighted by molar-refractivity contribution is 5.85. The number of pyridine rings is 1. The summed E-state index contributed by atoms with van der Waals surface area (Å²) in [6.07, 6.45) is 4.72. The number of imidazole rings is 1. The molecule has 2 aliphatic heterocycles. The zero-order valence-corrected chi connectivity index (χ0v) is 24.2.